The summed E-state index contributed by atoms with van der Waals surface area (Å²) in [5, 5.41) is 14.0. The second-order valence-electron chi connectivity index (χ2n) is 8.87. The van der Waals surface area contributed by atoms with Gasteiger partial charge < -0.3 is 20.1 Å². The molecule has 188 valence electrons. The Morgan fingerprint density at radius 2 is 1.49 bits per heavy atom. The third kappa shape index (κ3) is 5.16. The topological polar surface area (TPSA) is 95.9 Å². The zero-order valence-corrected chi connectivity index (χ0v) is 20.7. The lowest BCUT2D eigenvalue weighted by molar-refractivity contribution is -0.165. The number of benzene rings is 3. The molecule has 0 saturated carbocycles. The third-order valence-corrected chi connectivity index (χ3v) is 7.65. The van der Waals surface area contributed by atoms with Crippen LogP contribution in [0.5, 0.6) is 0 Å². The van der Waals surface area contributed by atoms with Crippen LogP contribution in [0.25, 0.3) is 0 Å². The smallest absolute Gasteiger partial charge is 0.334 e. The molecular weight excluding hydrogens is 488 g/mol. The summed E-state index contributed by atoms with van der Waals surface area (Å²) in [7, 11) is 0. The summed E-state index contributed by atoms with van der Waals surface area (Å²) in [6.07, 6.45) is -0.526. The van der Waals surface area contributed by atoms with Crippen molar-refractivity contribution in [3.05, 3.63) is 119 Å². The average molecular weight is 515 g/mol. The van der Waals surface area contributed by atoms with E-state index in [-0.39, 0.29) is 18.2 Å². The molecule has 0 radical (unpaired) electrons. The summed E-state index contributed by atoms with van der Waals surface area (Å²) >= 11 is 1.30. The molecule has 1 fully saturated rings. The number of amides is 2. The number of aliphatic hydroxyl groups excluding tert-OH is 1. The van der Waals surface area contributed by atoms with E-state index in [2.05, 4.69) is 5.32 Å². The van der Waals surface area contributed by atoms with Gasteiger partial charge in [-0.1, -0.05) is 91.0 Å². The summed E-state index contributed by atoms with van der Waals surface area (Å²) < 4.78 is 6.01. The Bertz CT molecular complexity index is 1260. The number of fused-ring (bicyclic) bond motifs is 1. The Hall–Kier alpha value is -3.88. The first-order valence-corrected chi connectivity index (χ1v) is 12.9. The predicted octanol–water partition coefficient (Wildman–Crippen LogP) is 3.21. The lowest BCUT2D eigenvalue weighted by Crippen LogP contribution is -2.74. The van der Waals surface area contributed by atoms with E-state index in [1.54, 1.807) is 5.41 Å². The van der Waals surface area contributed by atoms with Crippen LogP contribution in [0.2, 0.25) is 0 Å². The van der Waals surface area contributed by atoms with Crippen LogP contribution in [0.15, 0.2) is 102 Å². The second kappa shape index (κ2) is 11.0. The quantitative estimate of drug-likeness (QED) is 0.354. The van der Waals surface area contributed by atoms with E-state index < -0.39 is 36.1 Å². The van der Waals surface area contributed by atoms with Crippen LogP contribution in [0, 0.1) is 0 Å². The van der Waals surface area contributed by atoms with E-state index in [4.69, 9.17) is 4.74 Å². The molecule has 2 unspecified atom stereocenters. The highest BCUT2D eigenvalue weighted by atomic mass is 32.2. The maximum absolute atomic E-state index is 13.6. The molecule has 0 bridgehead atoms. The predicted molar refractivity (Wildman–Crippen MR) is 140 cm³/mol. The third-order valence-electron chi connectivity index (χ3n) is 6.44. The number of hydrogen-bond donors (Lipinski definition) is 2. The van der Waals surface area contributed by atoms with Gasteiger partial charge in [-0.15, -0.1) is 11.8 Å². The van der Waals surface area contributed by atoms with Crippen LogP contribution in [-0.4, -0.2) is 51.9 Å². The van der Waals surface area contributed by atoms with Gasteiger partial charge in [-0.05, 0) is 27.7 Å². The standard InChI is InChI=1S/C29H26N2O5S/c32-17-22-18-37-28-24(30-23(33)16-19-10-4-1-5-11-19)27(34)31(28)25(22)29(35)36-26(20-12-6-2-7-13-20)21-14-8-3-9-15-21/h1-15,18,24-26,28,32H,16-17H2,(H,30,33)/t24?,25?,28-/m0/s1. The highest BCUT2D eigenvalue weighted by molar-refractivity contribution is 8.02. The molecule has 0 aromatic heterocycles. The van der Waals surface area contributed by atoms with Gasteiger partial charge in [0.05, 0.1) is 13.0 Å². The van der Waals surface area contributed by atoms with Gasteiger partial charge >= 0.3 is 5.97 Å². The molecule has 0 aliphatic carbocycles. The first-order chi connectivity index (χ1) is 18.1. The van der Waals surface area contributed by atoms with Crippen molar-refractivity contribution < 1.29 is 24.2 Å². The number of nitrogens with one attached hydrogen (secondary N) is 1. The Morgan fingerprint density at radius 1 is 0.919 bits per heavy atom. The number of aliphatic hydroxyl groups is 1. The summed E-state index contributed by atoms with van der Waals surface area (Å²) in [6.45, 7) is -0.393. The van der Waals surface area contributed by atoms with Crippen molar-refractivity contribution >= 4 is 29.5 Å². The molecule has 0 spiro atoms. The fourth-order valence-electron chi connectivity index (χ4n) is 4.60. The van der Waals surface area contributed by atoms with E-state index in [1.165, 1.54) is 16.7 Å². The van der Waals surface area contributed by atoms with Crippen molar-refractivity contribution in [1.82, 2.24) is 10.2 Å². The summed E-state index contributed by atoms with van der Waals surface area (Å²) in [5.41, 5.74) is 2.81. The number of β-lactam (4-membered cyclic amide) rings is 1. The minimum atomic E-state index is -1.07. The molecule has 3 atom stereocenters. The lowest BCUT2D eigenvalue weighted by Gasteiger charge is -2.51. The van der Waals surface area contributed by atoms with Crippen molar-refractivity contribution in [2.24, 2.45) is 0 Å². The second-order valence-corrected chi connectivity index (χ2v) is 9.86. The first-order valence-electron chi connectivity index (χ1n) is 12.0. The van der Waals surface area contributed by atoms with Gasteiger partial charge in [-0.2, -0.15) is 0 Å². The normalized spacial score (nSPS) is 20.5. The number of rotatable bonds is 8. The van der Waals surface area contributed by atoms with Crippen LogP contribution in [0.3, 0.4) is 0 Å². The maximum atomic E-state index is 13.6. The highest BCUT2D eigenvalue weighted by Gasteiger charge is 2.56. The van der Waals surface area contributed by atoms with Crippen LogP contribution in [0.4, 0.5) is 0 Å². The van der Waals surface area contributed by atoms with Gasteiger partial charge in [0, 0.05) is 0 Å². The minimum absolute atomic E-state index is 0.154. The zero-order chi connectivity index (χ0) is 25.8. The number of nitrogens with zero attached hydrogens (tertiary/aromatic N) is 1. The lowest BCUT2D eigenvalue weighted by atomic mass is 9.97. The monoisotopic (exact) mass is 514 g/mol. The van der Waals surface area contributed by atoms with Crippen molar-refractivity contribution in [1.29, 1.82) is 0 Å². The van der Waals surface area contributed by atoms with E-state index in [0.29, 0.717) is 5.57 Å². The molecule has 5 rings (SSSR count). The Kier molecular flexibility index (Phi) is 7.39. The van der Waals surface area contributed by atoms with Crippen LogP contribution in [0.1, 0.15) is 22.8 Å². The van der Waals surface area contributed by atoms with Crippen molar-refractivity contribution in [2.45, 2.75) is 30.0 Å². The van der Waals surface area contributed by atoms with Gasteiger partial charge in [0.25, 0.3) is 0 Å². The highest BCUT2D eigenvalue weighted by Crippen LogP contribution is 2.41. The molecular formula is C29H26N2O5S. The number of ether oxygens (including phenoxy) is 1. The molecule has 2 aliphatic heterocycles. The van der Waals surface area contributed by atoms with Gasteiger partial charge in [0.1, 0.15) is 11.4 Å². The molecule has 3 aromatic carbocycles. The summed E-state index contributed by atoms with van der Waals surface area (Å²) in [6, 6.07) is 26.2. The minimum Gasteiger partial charge on any atom is -0.451 e. The fraction of sp³-hybridized carbons (Fsp3) is 0.207. The maximum Gasteiger partial charge on any atom is 0.334 e. The van der Waals surface area contributed by atoms with E-state index in [0.717, 1.165) is 16.7 Å². The van der Waals surface area contributed by atoms with E-state index in [9.17, 15) is 19.5 Å². The summed E-state index contributed by atoms with van der Waals surface area (Å²) in [5.74, 6) is -1.28. The molecule has 2 aliphatic rings. The van der Waals surface area contributed by atoms with Gasteiger partial charge in [-0.25, -0.2) is 4.79 Å². The molecule has 1 saturated heterocycles. The van der Waals surface area contributed by atoms with Gasteiger partial charge in [0.2, 0.25) is 11.8 Å². The van der Waals surface area contributed by atoms with E-state index in [1.807, 2.05) is 91.0 Å². The van der Waals surface area contributed by atoms with Crippen LogP contribution in [-0.2, 0) is 25.5 Å². The Balaban J connectivity index is 1.34. The Morgan fingerprint density at radius 3 is 2.05 bits per heavy atom. The average Bonchev–Trinajstić information content (AvgIpc) is 2.95. The number of thioether (sulfide) groups is 1. The zero-order valence-electron chi connectivity index (χ0n) is 19.9. The van der Waals surface area contributed by atoms with Gasteiger partial charge in [0.15, 0.2) is 12.1 Å². The molecule has 2 N–H and O–H groups in total. The number of hydrogen-bond acceptors (Lipinski definition) is 6. The van der Waals surface area contributed by atoms with E-state index >= 15 is 0 Å². The fourth-order valence-corrected chi connectivity index (χ4v) is 5.81. The first kappa shape index (κ1) is 24.8. The van der Waals surface area contributed by atoms with Crippen LogP contribution < -0.4 is 5.32 Å². The van der Waals surface area contributed by atoms with Crippen LogP contribution >= 0.6 is 11.8 Å². The molecule has 2 heterocycles. The molecule has 37 heavy (non-hydrogen) atoms. The molecule has 2 amide bonds. The van der Waals surface area contributed by atoms with Crippen molar-refractivity contribution in [3.63, 3.8) is 0 Å². The largest absolute Gasteiger partial charge is 0.451 e. The molecule has 7 nitrogen and oxygen atoms in total. The van der Waals surface area contributed by atoms with Crippen molar-refractivity contribution in [2.75, 3.05) is 6.61 Å². The van der Waals surface area contributed by atoms with Gasteiger partial charge in [-0.3, -0.25) is 9.59 Å². The summed E-state index contributed by atoms with van der Waals surface area (Å²) in [4.78, 5) is 40.7. The number of carbonyl (C=O) groups excluding carboxylic acids is 3. The Labute approximate surface area is 219 Å². The SMILES string of the molecule is O=C(Cc1ccccc1)NC1C(=O)N2C(C(=O)OC(c3ccccc3)c3ccccc3)C(CO)=CS[C@@H]12. The number of esters is 1. The molecule has 8 heteroatoms. The number of carbonyl (C=O) groups is 3. The molecule has 3 aromatic rings. The van der Waals surface area contributed by atoms with Crippen molar-refractivity contribution in [3.8, 4) is 0 Å².